The predicted molar refractivity (Wildman–Crippen MR) is 106 cm³/mol. The molecule has 4 nitrogen and oxygen atoms in total. The summed E-state index contributed by atoms with van der Waals surface area (Å²) in [7, 11) is 1.33. The molecule has 0 heterocycles. The van der Waals surface area contributed by atoms with E-state index in [0.29, 0.717) is 12.1 Å². The number of nitrogens with one attached hydrogen (secondary N) is 1. The Morgan fingerprint density at radius 3 is 2.41 bits per heavy atom. The van der Waals surface area contributed by atoms with Crippen LogP contribution in [0.4, 0.5) is 13.2 Å². The fraction of sp³-hybridized carbons (Fsp3) is 0.409. The van der Waals surface area contributed by atoms with Gasteiger partial charge in [-0.25, -0.2) is 0 Å². The number of carbonyl (C=O) groups is 1. The molecule has 0 fully saturated rings. The van der Waals surface area contributed by atoms with E-state index in [9.17, 15) is 18.0 Å². The van der Waals surface area contributed by atoms with E-state index in [2.05, 4.69) is 5.32 Å². The number of esters is 1. The lowest BCUT2D eigenvalue weighted by molar-refractivity contribution is -0.145. The summed E-state index contributed by atoms with van der Waals surface area (Å²) < 4.78 is 51.5. The zero-order valence-corrected chi connectivity index (χ0v) is 17.0. The number of benzene rings is 2. The quantitative estimate of drug-likeness (QED) is 0.612. The molecule has 0 aliphatic heterocycles. The average molecular weight is 409 g/mol. The van der Waals surface area contributed by atoms with E-state index < -0.39 is 23.6 Å². The first-order valence-electron chi connectivity index (χ1n) is 9.49. The van der Waals surface area contributed by atoms with Crippen molar-refractivity contribution in [2.75, 3.05) is 20.3 Å². The second-order valence-corrected chi connectivity index (χ2v) is 6.55. The Labute approximate surface area is 169 Å². The van der Waals surface area contributed by atoms with Crippen LogP contribution in [0.15, 0.2) is 36.4 Å². The molecule has 0 aliphatic rings. The molecule has 0 amide bonds. The van der Waals surface area contributed by atoms with Crippen molar-refractivity contribution in [3.63, 3.8) is 0 Å². The van der Waals surface area contributed by atoms with E-state index >= 15 is 0 Å². The summed E-state index contributed by atoms with van der Waals surface area (Å²) in [5.41, 5.74) is 1.13. The number of rotatable bonds is 8. The van der Waals surface area contributed by atoms with E-state index in [-0.39, 0.29) is 17.9 Å². The number of hydrogen-bond acceptors (Lipinski definition) is 4. The molecular weight excluding hydrogens is 383 g/mol. The zero-order valence-electron chi connectivity index (χ0n) is 17.0. The fourth-order valence-electron chi connectivity index (χ4n) is 3.17. The standard InChI is InChI=1S/C22H26F3NO3/c1-5-26-13-15-9-7-8-10-16(15)18-11-17(14(3)21(27)29-6-2)19(22(23,24)25)12-20(18)28-4/h7-12,14,26H,5-6,13H2,1-4H3. The Morgan fingerprint density at radius 1 is 1.14 bits per heavy atom. The first kappa shape index (κ1) is 22.7. The van der Waals surface area contributed by atoms with Gasteiger partial charge in [-0.2, -0.15) is 13.2 Å². The van der Waals surface area contributed by atoms with Crippen molar-refractivity contribution in [1.29, 1.82) is 0 Å². The molecule has 0 radical (unpaired) electrons. The molecule has 0 saturated heterocycles. The zero-order chi connectivity index (χ0) is 21.6. The fourth-order valence-corrected chi connectivity index (χ4v) is 3.17. The second kappa shape index (κ2) is 9.78. The number of carbonyl (C=O) groups excluding carboxylic acids is 1. The molecular formula is C22H26F3NO3. The summed E-state index contributed by atoms with van der Waals surface area (Å²) in [5, 5.41) is 3.23. The summed E-state index contributed by atoms with van der Waals surface area (Å²) in [4.78, 5) is 12.2. The minimum Gasteiger partial charge on any atom is -0.496 e. The third-order valence-electron chi connectivity index (χ3n) is 4.66. The Bertz CT molecular complexity index is 850. The molecule has 0 saturated carbocycles. The Hall–Kier alpha value is -2.54. The van der Waals surface area contributed by atoms with Gasteiger partial charge in [-0.1, -0.05) is 31.2 Å². The molecule has 7 heteroatoms. The van der Waals surface area contributed by atoms with Gasteiger partial charge in [0.25, 0.3) is 0 Å². The molecule has 1 unspecified atom stereocenters. The molecule has 0 aliphatic carbocycles. The van der Waals surface area contributed by atoms with E-state index in [1.165, 1.54) is 20.1 Å². The highest BCUT2D eigenvalue weighted by atomic mass is 19.4. The van der Waals surface area contributed by atoms with Crippen molar-refractivity contribution in [3.05, 3.63) is 53.1 Å². The van der Waals surface area contributed by atoms with Gasteiger partial charge in [-0.3, -0.25) is 4.79 Å². The molecule has 29 heavy (non-hydrogen) atoms. The summed E-state index contributed by atoms with van der Waals surface area (Å²) in [6.07, 6.45) is -4.63. The average Bonchev–Trinajstić information content (AvgIpc) is 2.70. The normalized spacial score (nSPS) is 12.5. The van der Waals surface area contributed by atoms with Gasteiger partial charge in [0.2, 0.25) is 0 Å². The van der Waals surface area contributed by atoms with E-state index in [1.54, 1.807) is 6.92 Å². The maximum Gasteiger partial charge on any atom is 0.416 e. The minimum atomic E-state index is -4.63. The number of ether oxygens (including phenoxy) is 2. The monoisotopic (exact) mass is 409 g/mol. The van der Waals surface area contributed by atoms with Crippen LogP contribution in [0, 0.1) is 0 Å². The van der Waals surface area contributed by atoms with Crippen LogP contribution in [0.1, 0.15) is 43.4 Å². The maximum atomic E-state index is 13.7. The SMILES string of the molecule is CCNCc1ccccc1-c1cc(C(C)C(=O)OCC)c(C(F)(F)F)cc1OC. The minimum absolute atomic E-state index is 0.0963. The molecule has 2 aromatic carbocycles. The van der Waals surface area contributed by atoms with Crippen LogP contribution in [0.5, 0.6) is 5.75 Å². The topological polar surface area (TPSA) is 47.6 Å². The molecule has 2 rings (SSSR count). The van der Waals surface area contributed by atoms with Gasteiger partial charge in [0.15, 0.2) is 0 Å². The number of hydrogen-bond donors (Lipinski definition) is 1. The predicted octanol–water partition coefficient (Wildman–Crippen LogP) is 5.16. The molecule has 0 aromatic heterocycles. The van der Waals surface area contributed by atoms with Gasteiger partial charge in [0, 0.05) is 12.1 Å². The molecule has 0 bridgehead atoms. The molecule has 158 valence electrons. The van der Waals surface area contributed by atoms with Crippen molar-refractivity contribution < 1.29 is 27.4 Å². The molecule has 1 atom stereocenters. The Balaban J connectivity index is 2.71. The Morgan fingerprint density at radius 2 is 1.83 bits per heavy atom. The van der Waals surface area contributed by atoms with Gasteiger partial charge in [-0.15, -0.1) is 0 Å². The lowest BCUT2D eigenvalue weighted by atomic mass is 9.89. The molecule has 2 aromatic rings. The molecule has 0 spiro atoms. The summed E-state index contributed by atoms with van der Waals surface area (Å²) in [6, 6.07) is 9.78. The number of methoxy groups -OCH3 is 1. The van der Waals surface area contributed by atoms with Gasteiger partial charge in [0.1, 0.15) is 5.75 Å². The van der Waals surface area contributed by atoms with Crippen molar-refractivity contribution in [1.82, 2.24) is 5.32 Å². The molecule has 1 N–H and O–H groups in total. The van der Waals surface area contributed by atoms with E-state index in [0.717, 1.165) is 23.7 Å². The van der Waals surface area contributed by atoms with E-state index in [1.807, 2.05) is 31.2 Å². The highest BCUT2D eigenvalue weighted by Gasteiger charge is 2.37. The van der Waals surface area contributed by atoms with E-state index in [4.69, 9.17) is 9.47 Å². The lowest BCUT2D eigenvalue weighted by Crippen LogP contribution is -2.19. The van der Waals surface area contributed by atoms with Gasteiger partial charge in [-0.05, 0) is 49.2 Å². The van der Waals surface area contributed by atoms with Crippen LogP contribution in [-0.2, 0) is 22.3 Å². The van der Waals surface area contributed by atoms with Gasteiger partial charge >= 0.3 is 12.1 Å². The third-order valence-corrected chi connectivity index (χ3v) is 4.66. The number of halogens is 3. The van der Waals surface area contributed by atoms with Crippen LogP contribution in [-0.4, -0.2) is 26.2 Å². The van der Waals surface area contributed by atoms with Crippen molar-refractivity contribution >= 4 is 5.97 Å². The van der Waals surface area contributed by atoms with Crippen molar-refractivity contribution in [2.45, 2.75) is 39.4 Å². The van der Waals surface area contributed by atoms with Crippen LogP contribution < -0.4 is 10.1 Å². The second-order valence-electron chi connectivity index (χ2n) is 6.55. The Kier molecular flexibility index (Phi) is 7.67. The van der Waals surface area contributed by atoms with Crippen molar-refractivity contribution in [3.8, 4) is 16.9 Å². The van der Waals surface area contributed by atoms with Crippen LogP contribution in [0.25, 0.3) is 11.1 Å². The van der Waals surface area contributed by atoms with Gasteiger partial charge in [0.05, 0.1) is 25.2 Å². The summed E-state index contributed by atoms with van der Waals surface area (Å²) >= 11 is 0. The number of alkyl halides is 3. The largest absolute Gasteiger partial charge is 0.496 e. The first-order valence-corrected chi connectivity index (χ1v) is 9.49. The highest BCUT2D eigenvalue weighted by Crippen LogP contribution is 2.43. The third kappa shape index (κ3) is 5.29. The van der Waals surface area contributed by atoms with Crippen LogP contribution in [0.2, 0.25) is 0 Å². The van der Waals surface area contributed by atoms with Crippen molar-refractivity contribution in [2.24, 2.45) is 0 Å². The van der Waals surface area contributed by atoms with Gasteiger partial charge < -0.3 is 14.8 Å². The maximum absolute atomic E-state index is 13.7. The lowest BCUT2D eigenvalue weighted by Gasteiger charge is -2.22. The summed E-state index contributed by atoms with van der Waals surface area (Å²) in [6.45, 7) is 6.41. The summed E-state index contributed by atoms with van der Waals surface area (Å²) in [5.74, 6) is -1.67. The van der Waals surface area contributed by atoms with Crippen LogP contribution in [0.3, 0.4) is 0 Å². The van der Waals surface area contributed by atoms with Crippen LogP contribution >= 0.6 is 0 Å². The smallest absolute Gasteiger partial charge is 0.416 e. The highest BCUT2D eigenvalue weighted by molar-refractivity contribution is 5.81. The first-order chi connectivity index (χ1) is 13.7.